The van der Waals surface area contributed by atoms with E-state index in [0.29, 0.717) is 4.77 Å². The first-order valence-electron chi connectivity index (χ1n) is 5.57. The van der Waals surface area contributed by atoms with Gasteiger partial charge in [0.15, 0.2) is 4.77 Å². The second-order valence-corrected chi connectivity index (χ2v) is 6.64. The highest BCUT2D eigenvalue weighted by Crippen LogP contribution is 2.26. The zero-order valence-corrected chi connectivity index (χ0v) is 11.6. The molecule has 0 aromatic carbocycles. The molecular formula is C11H12N2OS3. The Labute approximate surface area is 112 Å². The van der Waals surface area contributed by atoms with Gasteiger partial charge in [-0.3, -0.25) is 9.36 Å². The number of nitrogens with one attached hydrogen (secondary N) is 1. The van der Waals surface area contributed by atoms with E-state index in [-0.39, 0.29) is 11.6 Å². The van der Waals surface area contributed by atoms with Crippen LogP contribution < -0.4 is 5.56 Å². The Morgan fingerprint density at radius 3 is 2.94 bits per heavy atom. The summed E-state index contributed by atoms with van der Waals surface area (Å²) < 4.78 is 2.35. The maximum Gasteiger partial charge on any atom is 0.263 e. The lowest BCUT2D eigenvalue weighted by molar-refractivity contribution is 0.449. The Balaban J connectivity index is 2.20. The Morgan fingerprint density at radius 1 is 1.41 bits per heavy atom. The molecule has 3 rings (SSSR count). The fourth-order valence-electron chi connectivity index (χ4n) is 2.23. The molecule has 0 radical (unpaired) electrons. The number of aromatic amines is 1. The molecule has 2 aromatic heterocycles. The van der Waals surface area contributed by atoms with E-state index < -0.39 is 0 Å². The first-order chi connectivity index (χ1) is 8.27. The normalized spacial score (nSPS) is 17.6. The summed E-state index contributed by atoms with van der Waals surface area (Å²) in [5.41, 5.74) is 0.0712. The molecule has 3 heterocycles. The third kappa shape index (κ3) is 1.98. The smallest absolute Gasteiger partial charge is 0.263 e. The molecule has 1 saturated heterocycles. The molecule has 0 atom stereocenters. The van der Waals surface area contributed by atoms with Crippen LogP contribution in [0.15, 0.2) is 16.2 Å². The van der Waals surface area contributed by atoms with Crippen LogP contribution in [0.3, 0.4) is 0 Å². The van der Waals surface area contributed by atoms with Crippen molar-refractivity contribution in [2.75, 3.05) is 11.5 Å². The Morgan fingerprint density at radius 2 is 2.18 bits per heavy atom. The molecule has 0 spiro atoms. The molecule has 1 fully saturated rings. The summed E-state index contributed by atoms with van der Waals surface area (Å²) in [5, 5.41) is 2.69. The predicted molar refractivity (Wildman–Crippen MR) is 76.9 cm³/mol. The van der Waals surface area contributed by atoms with E-state index in [1.165, 1.54) is 11.3 Å². The number of thiophene rings is 1. The van der Waals surface area contributed by atoms with Crippen LogP contribution >= 0.6 is 35.3 Å². The fourth-order valence-corrected chi connectivity index (χ4v) is 4.49. The molecule has 0 aliphatic carbocycles. The van der Waals surface area contributed by atoms with Crippen LogP contribution in [0.1, 0.15) is 18.9 Å². The SMILES string of the molecule is O=c1c2ccsc2[nH]c(=S)n1C1CCSCC1. The maximum atomic E-state index is 12.4. The standard InChI is InChI=1S/C11H12N2OS3/c14-10-8-3-6-17-9(8)12-11(15)13(10)7-1-4-16-5-2-7/h3,6-7H,1-2,4-5H2,(H,12,15). The number of rotatable bonds is 1. The monoisotopic (exact) mass is 284 g/mol. The highest BCUT2D eigenvalue weighted by Gasteiger charge is 2.19. The zero-order chi connectivity index (χ0) is 11.8. The van der Waals surface area contributed by atoms with Gasteiger partial charge in [0.05, 0.1) is 5.39 Å². The van der Waals surface area contributed by atoms with Crippen molar-refractivity contribution in [1.82, 2.24) is 9.55 Å². The molecule has 3 nitrogen and oxygen atoms in total. The van der Waals surface area contributed by atoms with Gasteiger partial charge < -0.3 is 4.98 Å². The van der Waals surface area contributed by atoms with Gasteiger partial charge in [-0.25, -0.2) is 0 Å². The van der Waals surface area contributed by atoms with E-state index in [1.807, 2.05) is 23.2 Å². The molecule has 1 N–H and O–H groups in total. The molecular weight excluding hydrogens is 272 g/mol. The zero-order valence-electron chi connectivity index (χ0n) is 9.14. The van der Waals surface area contributed by atoms with Gasteiger partial charge in [-0.15, -0.1) is 11.3 Å². The highest BCUT2D eigenvalue weighted by atomic mass is 32.2. The maximum absolute atomic E-state index is 12.4. The van der Waals surface area contributed by atoms with Crippen LogP contribution in [-0.2, 0) is 0 Å². The summed E-state index contributed by atoms with van der Waals surface area (Å²) in [6.07, 6.45) is 2.08. The summed E-state index contributed by atoms with van der Waals surface area (Å²) in [6.45, 7) is 0. The number of nitrogens with zero attached hydrogens (tertiary/aromatic N) is 1. The van der Waals surface area contributed by atoms with Crippen LogP contribution in [0.25, 0.3) is 10.2 Å². The van der Waals surface area contributed by atoms with E-state index in [9.17, 15) is 4.79 Å². The molecule has 0 saturated carbocycles. The van der Waals surface area contributed by atoms with E-state index >= 15 is 0 Å². The van der Waals surface area contributed by atoms with Gasteiger partial charge in [0.1, 0.15) is 4.83 Å². The number of hydrogen-bond donors (Lipinski definition) is 1. The van der Waals surface area contributed by atoms with E-state index in [1.54, 1.807) is 4.57 Å². The summed E-state index contributed by atoms with van der Waals surface area (Å²) in [5.74, 6) is 2.24. The number of H-pyrrole nitrogens is 1. The van der Waals surface area contributed by atoms with Crippen LogP contribution in [0.5, 0.6) is 0 Å². The van der Waals surface area contributed by atoms with Gasteiger partial charge in [0, 0.05) is 6.04 Å². The highest BCUT2D eigenvalue weighted by molar-refractivity contribution is 7.99. The van der Waals surface area contributed by atoms with Gasteiger partial charge in [-0.1, -0.05) is 0 Å². The van der Waals surface area contributed by atoms with Crippen molar-refractivity contribution >= 4 is 45.5 Å². The minimum atomic E-state index is 0.0712. The number of hydrogen-bond acceptors (Lipinski definition) is 4. The Bertz CT molecular complexity index is 649. The van der Waals surface area contributed by atoms with E-state index in [0.717, 1.165) is 34.6 Å². The van der Waals surface area contributed by atoms with Gasteiger partial charge in [0.25, 0.3) is 5.56 Å². The fraction of sp³-hybridized carbons (Fsp3) is 0.455. The summed E-state index contributed by atoms with van der Waals surface area (Å²) >= 11 is 8.81. The van der Waals surface area contributed by atoms with Gasteiger partial charge in [-0.05, 0) is 48.0 Å². The molecule has 6 heteroatoms. The Hall–Kier alpha value is -0.590. The van der Waals surface area contributed by atoms with Gasteiger partial charge >= 0.3 is 0 Å². The summed E-state index contributed by atoms with van der Waals surface area (Å²) in [7, 11) is 0. The van der Waals surface area contributed by atoms with Crippen LogP contribution in [0.4, 0.5) is 0 Å². The predicted octanol–water partition coefficient (Wildman–Crippen LogP) is 3.19. The minimum Gasteiger partial charge on any atom is -0.323 e. The van der Waals surface area contributed by atoms with Gasteiger partial charge in [0.2, 0.25) is 0 Å². The topological polar surface area (TPSA) is 37.8 Å². The van der Waals surface area contributed by atoms with Crippen molar-refractivity contribution in [2.45, 2.75) is 18.9 Å². The average molecular weight is 284 g/mol. The van der Waals surface area contributed by atoms with E-state index in [2.05, 4.69) is 4.98 Å². The first kappa shape index (κ1) is 11.5. The van der Waals surface area contributed by atoms with Crippen LogP contribution in [0, 0.1) is 4.77 Å². The van der Waals surface area contributed by atoms with Crippen LogP contribution in [-0.4, -0.2) is 21.1 Å². The van der Waals surface area contributed by atoms with Crippen molar-refractivity contribution in [2.24, 2.45) is 0 Å². The quantitative estimate of drug-likeness (QED) is 0.817. The minimum absolute atomic E-state index is 0.0712. The number of aromatic nitrogens is 2. The molecule has 1 aliphatic heterocycles. The second kappa shape index (κ2) is 4.59. The van der Waals surface area contributed by atoms with Crippen molar-refractivity contribution in [1.29, 1.82) is 0 Å². The molecule has 1 aliphatic rings. The summed E-state index contributed by atoms with van der Waals surface area (Å²) in [6, 6.07) is 2.15. The molecule has 2 aromatic rings. The molecule has 0 amide bonds. The lowest BCUT2D eigenvalue weighted by Crippen LogP contribution is -2.28. The lowest BCUT2D eigenvalue weighted by Gasteiger charge is -2.23. The van der Waals surface area contributed by atoms with Crippen molar-refractivity contribution in [3.05, 3.63) is 26.6 Å². The van der Waals surface area contributed by atoms with Crippen molar-refractivity contribution in [3.63, 3.8) is 0 Å². The van der Waals surface area contributed by atoms with Gasteiger partial charge in [-0.2, -0.15) is 11.8 Å². The molecule has 17 heavy (non-hydrogen) atoms. The third-order valence-corrected chi connectivity index (χ3v) is 5.29. The molecule has 0 unspecified atom stereocenters. The molecule has 0 bridgehead atoms. The first-order valence-corrected chi connectivity index (χ1v) is 8.01. The lowest BCUT2D eigenvalue weighted by atomic mass is 10.1. The second-order valence-electron chi connectivity index (χ2n) is 4.11. The third-order valence-electron chi connectivity index (χ3n) is 3.11. The largest absolute Gasteiger partial charge is 0.323 e. The summed E-state index contributed by atoms with van der Waals surface area (Å²) in [4.78, 5) is 16.4. The van der Waals surface area contributed by atoms with Crippen molar-refractivity contribution < 1.29 is 0 Å². The molecule has 90 valence electrons. The number of thioether (sulfide) groups is 1. The van der Waals surface area contributed by atoms with Crippen LogP contribution in [0.2, 0.25) is 0 Å². The number of fused-ring (bicyclic) bond motifs is 1. The Kier molecular flexibility index (Phi) is 3.10. The average Bonchev–Trinajstić information content (AvgIpc) is 2.78. The van der Waals surface area contributed by atoms with Crippen molar-refractivity contribution in [3.8, 4) is 0 Å². The van der Waals surface area contributed by atoms with E-state index in [4.69, 9.17) is 12.2 Å².